The Hall–Kier alpha value is -3.52. The second kappa shape index (κ2) is 10.3. The molecule has 0 spiro atoms. The average Bonchev–Trinajstić information content (AvgIpc) is 2.75. The van der Waals surface area contributed by atoms with Gasteiger partial charge in [0.25, 0.3) is 5.69 Å². The summed E-state index contributed by atoms with van der Waals surface area (Å²) in [5, 5.41) is 11.6. The summed E-state index contributed by atoms with van der Waals surface area (Å²) in [7, 11) is 5.42. The number of nitro benzene ring substituents is 1. The molecule has 0 aliphatic heterocycles. The molecule has 0 saturated heterocycles. The molecule has 0 atom stereocenters. The zero-order valence-corrected chi connectivity index (χ0v) is 17.6. The summed E-state index contributed by atoms with van der Waals surface area (Å²) in [6.07, 6.45) is 4.34. The van der Waals surface area contributed by atoms with Crippen LogP contribution in [0.15, 0.2) is 36.6 Å². The van der Waals surface area contributed by atoms with Gasteiger partial charge in [-0.2, -0.15) is 0 Å². The maximum Gasteiger partial charge on any atom is 0.341 e. The van der Waals surface area contributed by atoms with Crippen molar-refractivity contribution in [2.45, 2.75) is 0 Å². The van der Waals surface area contributed by atoms with Crippen molar-refractivity contribution < 1.29 is 28.7 Å². The number of carbonyl (C=O) groups is 1. The van der Waals surface area contributed by atoms with Crippen molar-refractivity contribution in [3.63, 3.8) is 0 Å². The number of carbonyl (C=O) groups excluding carboxylic acids is 1. The summed E-state index contributed by atoms with van der Waals surface area (Å²) in [4.78, 5) is 23.2. The molecule has 0 saturated carbocycles. The van der Waals surface area contributed by atoms with Crippen molar-refractivity contribution in [3.05, 3.63) is 68.4 Å². The Morgan fingerprint density at radius 1 is 1.10 bits per heavy atom. The van der Waals surface area contributed by atoms with E-state index < -0.39 is 10.9 Å². The number of nitrogens with zero attached hydrogens (tertiary/aromatic N) is 1. The van der Waals surface area contributed by atoms with Crippen LogP contribution in [0.4, 0.5) is 5.69 Å². The first-order valence-corrected chi connectivity index (χ1v) is 8.94. The van der Waals surface area contributed by atoms with Crippen molar-refractivity contribution in [1.82, 2.24) is 0 Å². The van der Waals surface area contributed by atoms with Gasteiger partial charge in [-0.25, -0.2) is 4.79 Å². The molecule has 2 aromatic carbocycles. The first-order chi connectivity index (χ1) is 14.4. The van der Waals surface area contributed by atoms with Gasteiger partial charge >= 0.3 is 5.97 Å². The largest absolute Gasteiger partial charge is 0.503 e. The van der Waals surface area contributed by atoms with Crippen LogP contribution >= 0.6 is 11.6 Å². The summed E-state index contributed by atoms with van der Waals surface area (Å²) in [5.41, 5.74) is 1.16. The first kappa shape index (κ1) is 22.8. The summed E-state index contributed by atoms with van der Waals surface area (Å²) < 4.78 is 20.2. The Kier molecular flexibility index (Phi) is 7.83. The van der Waals surface area contributed by atoms with Gasteiger partial charge in [0.2, 0.25) is 0 Å². The Morgan fingerprint density at radius 2 is 1.80 bits per heavy atom. The van der Waals surface area contributed by atoms with Crippen molar-refractivity contribution in [2.24, 2.45) is 0 Å². The van der Waals surface area contributed by atoms with Crippen LogP contribution in [0.2, 0.25) is 5.02 Å². The Balaban J connectivity index is 2.65. The van der Waals surface area contributed by atoms with Crippen LogP contribution in [-0.4, -0.2) is 39.3 Å². The van der Waals surface area contributed by atoms with Crippen LogP contribution in [-0.2, 0) is 14.3 Å². The third-order valence-electron chi connectivity index (χ3n) is 4.15. The van der Waals surface area contributed by atoms with E-state index in [0.717, 1.165) is 0 Å². The monoisotopic (exact) mass is 433 g/mol. The van der Waals surface area contributed by atoms with Crippen LogP contribution in [0.3, 0.4) is 0 Å². The smallest absolute Gasteiger partial charge is 0.341 e. The zero-order valence-electron chi connectivity index (χ0n) is 16.8. The van der Waals surface area contributed by atoms with Crippen molar-refractivity contribution in [3.8, 4) is 11.5 Å². The second-order valence-electron chi connectivity index (χ2n) is 5.80. The quantitative estimate of drug-likeness (QED) is 0.150. The van der Waals surface area contributed by atoms with E-state index in [1.807, 2.05) is 0 Å². The summed E-state index contributed by atoms with van der Waals surface area (Å²) in [6.45, 7) is 0. The Morgan fingerprint density at radius 3 is 2.37 bits per heavy atom. The van der Waals surface area contributed by atoms with Crippen LogP contribution in [0, 0.1) is 10.1 Å². The van der Waals surface area contributed by atoms with Crippen LogP contribution in [0.25, 0.3) is 17.7 Å². The molecule has 0 amide bonds. The SMILES string of the molecule is COC=C(C(=O)OC)c1ccccc1C=Cc1c([N+](=O)[O-])cc(OC)c(OC)c1Cl. The number of nitro groups is 1. The van der Waals surface area contributed by atoms with E-state index in [-0.39, 0.29) is 33.3 Å². The molecule has 0 aliphatic carbocycles. The number of hydrogen-bond donors (Lipinski definition) is 0. The van der Waals surface area contributed by atoms with Crippen molar-refractivity contribution in [1.29, 1.82) is 0 Å². The molecular weight excluding hydrogens is 414 g/mol. The van der Waals surface area contributed by atoms with Crippen molar-refractivity contribution in [2.75, 3.05) is 28.4 Å². The maximum absolute atomic E-state index is 12.1. The summed E-state index contributed by atoms with van der Waals surface area (Å²) >= 11 is 6.37. The lowest BCUT2D eigenvalue weighted by Gasteiger charge is -2.12. The van der Waals surface area contributed by atoms with E-state index in [0.29, 0.717) is 11.1 Å². The predicted molar refractivity (Wildman–Crippen MR) is 114 cm³/mol. The van der Waals surface area contributed by atoms with Gasteiger partial charge in [-0.05, 0) is 17.2 Å². The number of rotatable bonds is 8. The molecular formula is C21H20ClNO7. The Bertz CT molecular complexity index is 1010. The molecule has 0 bridgehead atoms. The third-order valence-corrected chi connectivity index (χ3v) is 4.52. The molecule has 0 fully saturated rings. The fourth-order valence-corrected chi connectivity index (χ4v) is 3.10. The van der Waals surface area contributed by atoms with E-state index >= 15 is 0 Å². The van der Waals surface area contributed by atoms with E-state index in [9.17, 15) is 14.9 Å². The molecule has 0 unspecified atom stereocenters. The molecule has 0 aromatic heterocycles. The van der Waals surface area contributed by atoms with Crippen LogP contribution in [0.5, 0.6) is 11.5 Å². The van der Waals surface area contributed by atoms with E-state index in [1.54, 1.807) is 30.3 Å². The number of ether oxygens (including phenoxy) is 4. The van der Waals surface area contributed by atoms with E-state index in [1.165, 1.54) is 46.8 Å². The van der Waals surface area contributed by atoms with Crippen molar-refractivity contribution >= 4 is 41.0 Å². The van der Waals surface area contributed by atoms with Gasteiger partial charge in [0.1, 0.15) is 10.6 Å². The first-order valence-electron chi connectivity index (χ1n) is 8.57. The van der Waals surface area contributed by atoms with Crippen LogP contribution in [0.1, 0.15) is 16.7 Å². The molecule has 0 radical (unpaired) electrons. The van der Waals surface area contributed by atoms with Gasteiger partial charge in [0, 0.05) is 0 Å². The van der Waals surface area contributed by atoms with E-state index in [4.69, 9.17) is 30.5 Å². The number of benzene rings is 2. The summed E-state index contributed by atoms with van der Waals surface area (Å²) in [5.74, 6) is -0.275. The highest BCUT2D eigenvalue weighted by atomic mass is 35.5. The highest BCUT2D eigenvalue weighted by molar-refractivity contribution is 6.34. The molecule has 2 rings (SSSR count). The molecule has 0 N–H and O–H groups in total. The average molecular weight is 434 g/mol. The maximum atomic E-state index is 12.1. The van der Waals surface area contributed by atoms with Gasteiger partial charge in [-0.3, -0.25) is 10.1 Å². The van der Waals surface area contributed by atoms with Gasteiger partial charge in [-0.1, -0.05) is 41.9 Å². The minimum atomic E-state index is -0.590. The third kappa shape index (κ3) is 4.72. The van der Waals surface area contributed by atoms with Crippen LogP contribution < -0.4 is 9.47 Å². The highest BCUT2D eigenvalue weighted by Gasteiger charge is 2.24. The van der Waals surface area contributed by atoms with Gasteiger partial charge in [0.05, 0.1) is 51.3 Å². The zero-order chi connectivity index (χ0) is 22.3. The number of hydrogen-bond acceptors (Lipinski definition) is 7. The predicted octanol–water partition coefficient (Wildman–Crippen LogP) is 4.60. The van der Waals surface area contributed by atoms with E-state index in [2.05, 4.69) is 0 Å². The molecule has 0 aliphatic rings. The lowest BCUT2D eigenvalue weighted by molar-refractivity contribution is -0.385. The lowest BCUT2D eigenvalue weighted by Crippen LogP contribution is -2.05. The summed E-state index contributed by atoms with van der Waals surface area (Å²) in [6, 6.07) is 8.17. The second-order valence-corrected chi connectivity index (χ2v) is 6.17. The van der Waals surface area contributed by atoms with Gasteiger partial charge < -0.3 is 18.9 Å². The van der Waals surface area contributed by atoms with Gasteiger partial charge in [0.15, 0.2) is 11.5 Å². The molecule has 0 heterocycles. The fourth-order valence-electron chi connectivity index (χ4n) is 2.77. The minimum Gasteiger partial charge on any atom is -0.503 e. The minimum absolute atomic E-state index is 0.0258. The standard InChI is InChI=1S/C21H20ClNO7/c1-27-12-16(21(24)30-4)14-8-6-5-7-13(14)9-10-15-17(23(25)26)11-18(28-2)20(29-3)19(15)22/h5-12H,1-4H3. The lowest BCUT2D eigenvalue weighted by atomic mass is 9.99. The number of halogens is 1. The number of methoxy groups -OCH3 is 4. The fraction of sp³-hybridized carbons (Fsp3) is 0.190. The highest BCUT2D eigenvalue weighted by Crippen LogP contribution is 2.43. The normalized spacial score (nSPS) is 11.3. The molecule has 8 nitrogen and oxygen atoms in total. The molecule has 30 heavy (non-hydrogen) atoms. The number of esters is 1. The van der Waals surface area contributed by atoms with Gasteiger partial charge in [-0.15, -0.1) is 0 Å². The topological polar surface area (TPSA) is 97.1 Å². The molecule has 158 valence electrons. The molecule has 2 aromatic rings. The molecule has 9 heteroatoms. The Labute approximate surface area is 178 Å².